The van der Waals surface area contributed by atoms with Gasteiger partial charge in [-0.05, 0) is 42.2 Å². The number of hydrogen-bond acceptors (Lipinski definition) is 3. The van der Waals surface area contributed by atoms with E-state index in [-0.39, 0.29) is 0 Å². The molecule has 0 atom stereocenters. The molecule has 2 nitrogen and oxygen atoms in total. The minimum absolute atomic E-state index is 0.440. The molecule has 0 fully saturated rings. The maximum Gasteiger partial charge on any atom is 0.0973 e. The SMILES string of the molecule is CC1(C)Cc2sc3c(c2C1)CC/C3=N\O. The van der Waals surface area contributed by atoms with Gasteiger partial charge in [-0.1, -0.05) is 19.0 Å². The van der Waals surface area contributed by atoms with Gasteiger partial charge in [0.25, 0.3) is 0 Å². The predicted octanol–water partition coefficient (Wildman–Crippen LogP) is 3.00. The highest BCUT2D eigenvalue weighted by atomic mass is 32.1. The maximum atomic E-state index is 8.90. The minimum atomic E-state index is 0.440. The third kappa shape index (κ3) is 1.26. The Morgan fingerprint density at radius 1 is 1.20 bits per heavy atom. The Bertz CT molecular complexity index is 456. The molecular formula is C12H15NOS. The van der Waals surface area contributed by atoms with Crippen molar-refractivity contribution in [2.45, 2.75) is 39.5 Å². The van der Waals surface area contributed by atoms with E-state index in [9.17, 15) is 0 Å². The molecule has 0 aromatic carbocycles. The molecule has 1 aromatic heterocycles. The van der Waals surface area contributed by atoms with Crippen LogP contribution in [0.2, 0.25) is 0 Å². The van der Waals surface area contributed by atoms with Crippen LogP contribution < -0.4 is 0 Å². The lowest BCUT2D eigenvalue weighted by Crippen LogP contribution is -2.10. The molecule has 1 aromatic rings. The van der Waals surface area contributed by atoms with Gasteiger partial charge in [0, 0.05) is 4.88 Å². The molecule has 3 rings (SSSR count). The van der Waals surface area contributed by atoms with Gasteiger partial charge in [0.1, 0.15) is 0 Å². The van der Waals surface area contributed by atoms with Gasteiger partial charge in [-0.25, -0.2) is 0 Å². The second-order valence-electron chi connectivity index (χ2n) is 5.38. The van der Waals surface area contributed by atoms with Crippen molar-refractivity contribution in [2.75, 3.05) is 0 Å². The largest absolute Gasteiger partial charge is 0.411 e. The van der Waals surface area contributed by atoms with Gasteiger partial charge >= 0.3 is 0 Å². The van der Waals surface area contributed by atoms with Gasteiger partial charge in [-0.2, -0.15) is 0 Å². The van der Waals surface area contributed by atoms with Gasteiger partial charge in [0.15, 0.2) is 0 Å². The van der Waals surface area contributed by atoms with Gasteiger partial charge in [0.05, 0.1) is 10.6 Å². The van der Waals surface area contributed by atoms with Crippen LogP contribution in [-0.2, 0) is 19.3 Å². The molecule has 0 bridgehead atoms. The van der Waals surface area contributed by atoms with E-state index in [2.05, 4.69) is 19.0 Å². The molecule has 2 aliphatic carbocycles. The molecule has 2 aliphatic rings. The highest BCUT2D eigenvalue weighted by molar-refractivity contribution is 7.14. The molecule has 0 aliphatic heterocycles. The molecule has 15 heavy (non-hydrogen) atoms. The third-order valence-corrected chi connectivity index (χ3v) is 4.81. The van der Waals surface area contributed by atoms with E-state index in [1.165, 1.54) is 28.2 Å². The maximum absolute atomic E-state index is 8.90. The van der Waals surface area contributed by atoms with Crippen molar-refractivity contribution in [1.29, 1.82) is 0 Å². The Kier molecular flexibility index (Phi) is 1.78. The Labute approximate surface area is 93.6 Å². The van der Waals surface area contributed by atoms with Crippen molar-refractivity contribution < 1.29 is 5.21 Å². The Morgan fingerprint density at radius 3 is 2.73 bits per heavy atom. The second-order valence-corrected chi connectivity index (χ2v) is 6.48. The van der Waals surface area contributed by atoms with Gasteiger partial charge in [-0.15, -0.1) is 11.3 Å². The molecule has 0 saturated heterocycles. The summed E-state index contributed by atoms with van der Waals surface area (Å²) < 4.78 is 0. The van der Waals surface area contributed by atoms with Gasteiger partial charge in [-0.3, -0.25) is 0 Å². The molecule has 0 unspecified atom stereocenters. The first-order chi connectivity index (χ1) is 7.11. The minimum Gasteiger partial charge on any atom is -0.411 e. The van der Waals surface area contributed by atoms with Gasteiger partial charge in [0.2, 0.25) is 0 Å². The van der Waals surface area contributed by atoms with Crippen molar-refractivity contribution in [3.63, 3.8) is 0 Å². The van der Waals surface area contributed by atoms with Crippen LogP contribution in [0.1, 0.15) is 41.1 Å². The highest BCUT2D eigenvalue weighted by Gasteiger charge is 2.36. The Hall–Kier alpha value is -0.830. The van der Waals surface area contributed by atoms with Gasteiger partial charge < -0.3 is 5.21 Å². The number of thiophene rings is 1. The summed E-state index contributed by atoms with van der Waals surface area (Å²) in [6, 6.07) is 0. The lowest BCUT2D eigenvalue weighted by molar-refractivity contribution is 0.318. The zero-order valence-electron chi connectivity index (χ0n) is 9.13. The summed E-state index contributed by atoms with van der Waals surface area (Å²) in [6.07, 6.45) is 4.40. The fraction of sp³-hybridized carbons (Fsp3) is 0.583. The monoisotopic (exact) mass is 221 g/mol. The molecule has 0 spiro atoms. The van der Waals surface area contributed by atoms with Crippen molar-refractivity contribution >= 4 is 17.0 Å². The van der Waals surface area contributed by atoms with Crippen molar-refractivity contribution in [1.82, 2.24) is 0 Å². The lowest BCUT2D eigenvalue weighted by atomic mass is 9.90. The zero-order valence-corrected chi connectivity index (χ0v) is 9.95. The van der Waals surface area contributed by atoms with E-state index in [0.717, 1.165) is 18.6 Å². The average Bonchev–Trinajstić information content (AvgIpc) is 2.73. The zero-order chi connectivity index (χ0) is 10.6. The lowest BCUT2D eigenvalue weighted by Gasteiger charge is -2.15. The molecule has 0 saturated carbocycles. The predicted molar refractivity (Wildman–Crippen MR) is 62.2 cm³/mol. The fourth-order valence-corrected chi connectivity index (χ4v) is 4.46. The van der Waals surface area contributed by atoms with Crippen molar-refractivity contribution in [3.05, 3.63) is 20.9 Å². The molecule has 0 amide bonds. The van der Waals surface area contributed by atoms with Crippen LogP contribution in [0.5, 0.6) is 0 Å². The van der Waals surface area contributed by atoms with Crippen LogP contribution in [0.15, 0.2) is 5.16 Å². The van der Waals surface area contributed by atoms with E-state index in [1.54, 1.807) is 5.56 Å². The fourth-order valence-electron chi connectivity index (χ4n) is 2.83. The van der Waals surface area contributed by atoms with Crippen molar-refractivity contribution in [2.24, 2.45) is 10.6 Å². The van der Waals surface area contributed by atoms with Crippen LogP contribution in [0.3, 0.4) is 0 Å². The van der Waals surface area contributed by atoms with Crippen LogP contribution in [0, 0.1) is 5.41 Å². The van der Waals surface area contributed by atoms with Crippen LogP contribution in [-0.4, -0.2) is 10.9 Å². The standard InChI is InChI=1S/C12H15NOS/c1-12(2)5-8-7-3-4-9(13-14)11(7)15-10(8)6-12/h14H,3-6H2,1-2H3/b13-9+. The van der Waals surface area contributed by atoms with Crippen LogP contribution >= 0.6 is 11.3 Å². The summed E-state index contributed by atoms with van der Waals surface area (Å²) in [4.78, 5) is 2.80. The summed E-state index contributed by atoms with van der Waals surface area (Å²) in [6.45, 7) is 4.67. The summed E-state index contributed by atoms with van der Waals surface area (Å²) in [5, 5.41) is 12.3. The number of rotatable bonds is 0. The Balaban J connectivity index is 2.10. The number of fused-ring (bicyclic) bond motifs is 3. The van der Waals surface area contributed by atoms with E-state index in [4.69, 9.17) is 5.21 Å². The molecule has 80 valence electrons. The highest BCUT2D eigenvalue weighted by Crippen LogP contribution is 2.46. The van der Waals surface area contributed by atoms with E-state index >= 15 is 0 Å². The quantitative estimate of drug-likeness (QED) is 0.530. The molecule has 1 heterocycles. The van der Waals surface area contributed by atoms with E-state index in [0.29, 0.717) is 5.41 Å². The number of hydrogen-bond donors (Lipinski definition) is 1. The number of nitrogens with zero attached hydrogens (tertiary/aromatic N) is 1. The van der Waals surface area contributed by atoms with E-state index < -0.39 is 0 Å². The average molecular weight is 221 g/mol. The third-order valence-electron chi connectivity index (χ3n) is 3.49. The topological polar surface area (TPSA) is 32.6 Å². The first-order valence-corrected chi connectivity index (χ1v) is 6.27. The molecule has 0 radical (unpaired) electrons. The number of oxime groups is 1. The van der Waals surface area contributed by atoms with E-state index in [1.807, 2.05) is 11.3 Å². The molecular weight excluding hydrogens is 206 g/mol. The van der Waals surface area contributed by atoms with Crippen LogP contribution in [0.25, 0.3) is 0 Å². The summed E-state index contributed by atoms with van der Waals surface area (Å²) in [7, 11) is 0. The first kappa shape index (κ1) is 9.40. The summed E-state index contributed by atoms with van der Waals surface area (Å²) >= 11 is 1.86. The van der Waals surface area contributed by atoms with Crippen LogP contribution in [0.4, 0.5) is 0 Å². The summed E-state index contributed by atoms with van der Waals surface area (Å²) in [5.74, 6) is 0. The molecule has 3 heteroatoms. The smallest absolute Gasteiger partial charge is 0.0973 e. The Morgan fingerprint density at radius 2 is 2.00 bits per heavy atom. The summed E-state index contributed by atoms with van der Waals surface area (Å²) in [5.41, 5.74) is 4.39. The molecule has 1 N–H and O–H groups in total. The normalized spacial score (nSPS) is 24.5. The second kappa shape index (κ2) is 2.85. The van der Waals surface area contributed by atoms with Crippen molar-refractivity contribution in [3.8, 4) is 0 Å². The first-order valence-electron chi connectivity index (χ1n) is 5.45.